The molecule has 1 aromatic heterocycles. The van der Waals surface area contributed by atoms with E-state index in [1.54, 1.807) is 0 Å². The van der Waals surface area contributed by atoms with Crippen LogP contribution in [0.15, 0.2) is 18.3 Å². The Morgan fingerprint density at radius 1 is 1.50 bits per heavy atom. The van der Waals surface area contributed by atoms with Gasteiger partial charge in [0.1, 0.15) is 0 Å². The van der Waals surface area contributed by atoms with E-state index in [1.807, 2.05) is 23.9 Å². The fourth-order valence-corrected chi connectivity index (χ4v) is 1.26. The first-order valence-corrected chi connectivity index (χ1v) is 4.48. The van der Waals surface area contributed by atoms with E-state index in [1.165, 1.54) is 18.4 Å². The Bertz CT molecular complexity index is 256. The third-order valence-corrected chi connectivity index (χ3v) is 2.12. The van der Waals surface area contributed by atoms with Gasteiger partial charge in [-0.15, -0.1) is 0 Å². The van der Waals surface area contributed by atoms with Crippen LogP contribution in [0, 0.1) is 0 Å². The van der Waals surface area contributed by atoms with Crippen LogP contribution in [0.2, 0.25) is 0 Å². The molecule has 0 aliphatic carbocycles. The van der Waals surface area contributed by atoms with Crippen LogP contribution in [-0.4, -0.2) is 0 Å². The molecular formula is C10H17N2+. The van der Waals surface area contributed by atoms with Crippen LogP contribution in [0.3, 0.4) is 0 Å². The summed E-state index contributed by atoms with van der Waals surface area (Å²) < 4.78 is 1.96. The Hall–Kier alpha value is -1.05. The normalized spacial score (nSPS) is 10.2. The molecule has 2 heteroatoms. The van der Waals surface area contributed by atoms with Crippen LogP contribution in [0.1, 0.15) is 25.3 Å². The molecule has 2 N–H and O–H groups in total. The first-order valence-electron chi connectivity index (χ1n) is 4.48. The molecule has 0 fully saturated rings. The molecule has 2 nitrogen and oxygen atoms in total. The minimum absolute atomic E-state index is 0.894. The summed E-state index contributed by atoms with van der Waals surface area (Å²) in [5.74, 6) is 0.894. The second-order valence-electron chi connectivity index (χ2n) is 3.13. The van der Waals surface area contributed by atoms with Crippen LogP contribution in [0.25, 0.3) is 0 Å². The van der Waals surface area contributed by atoms with Crippen LogP contribution in [-0.2, 0) is 13.5 Å². The molecular weight excluding hydrogens is 148 g/mol. The number of aryl methyl sites for hydroxylation is 2. The third kappa shape index (κ3) is 1.97. The Morgan fingerprint density at radius 2 is 2.25 bits per heavy atom. The van der Waals surface area contributed by atoms with Gasteiger partial charge in [-0.1, -0.05) is 13.3 Å². The van der Waals surface area contributed by atoms with Crippen molar-refractivity contribution in [1.82, 2.24) is 0 Å². The molecule has 0 bridgehead atoms. The molecule has 66 valence electrons. The lowest BCUT2D eigenvalue weighted by Crippen LogP contribution is -2.32. The van der Waals surface area contributed by atoms with E-state index < -0.39 is 0 Å². The highest BCUT2D eigenvalue weighted by Gasteiger charge is 2.05. The first kappa shape index (κ1) is 9.04. The van der Waals surface area contributed by atoms with E-state index in [0.717, 1.165) is 12.2 Å². The number of rotatable bonds is 3. The maximum atomic E-state index is 5.89. The van der Waals surface area contributed by atoms with Crippen molar-refractivity contribution in [3.63, 3.8) is 0 Å². The van der Waals surface area contributed by atoms with E-state index in [9.17, 15) is 0 Å². The number of unbranched alkanes of at least 4 members (excludes halogenated alkanes) is 1. The van der Waals surface area contributed by atoms with Gasteiger partial charge in [-0.05, 0) is 25.0 Å². The first-order chi connectivity index (χ1) is 5.75. The number of hydrogen-bond donors (Lipinski definition) is 1. The topological polar surface area (TPSA) is 29.9 Å². The zero-order valence-corrected chi connectivity index (χ0v) is 7.88. The van der Waals surface area contributed by atoms with E-state index >= 15 is 0 Å². The van der Waals surface area contributed by atoms with Crippen molar-refractivity contribution in [2.45, 2.75) is 26.2 Å². The molecule has 0 aliphatic heterocycles. The van der Waals surface area contributed by atoms with Crippen LogP contribution in [0.5, 0.6) is 0 Å². The molecule has 0 saturated heterocycles. The van der Waals surface area contributed by atoms with Gasteiger partial charge in [-0.3, -0.25) is 5.73 Å². The highest BCUT2D eigenvalue weighted by Crippen LogP contribution is 2.08. The van der Waals surface area contributed by atoms with Crippen molar-refractivity contribution in [1.29, 1.82) is 0 Å². The van der Waals surface area contributed by atoms with Gasteiger partial charge in [0.15, 0.2) is 0 Å². The number of anilines is 1. The molecule has 0 saturated carbocycles. The van der Waals surface area contributed by atoms with E-state index in [4.69, 9.17) is 5.73 Å². The smallest absolute Gasteiger partial charge is 0.275 e. The quantitative estimate of drug-likeness (QED) is 0.675. The summed E-state index contributed by atoms with van der Waals surface area (Å²) in [7, 11) is 1.98. The highest BCUT2D eigenvalue weighted by molar-refractivity contribution is 5.33. The van der Waals surface area contributed by atoms with Gasteiger partial charge in [0, 0.05) is 5.56 Å². The maximum Gasteiger partial charge on any atom is 0.275 e. The molecule has 1 aromatic rings. The summed E-state index contributed by atoms with van der Waals surface area (Å²) in [6.07, 6.45) is 5.51. The molecule has 0 atom stereocenters. The van der Waals surface area contributed by atoms with Gasteiger partial charge in [-0.25, -0.2) is 4.57 Å². The average molecular weight is 165 g/mol. The van der Waals surface area contributed by atoms with Gasteiger partial charge in [0.05, 0.1) is 13.2 Å². The molecule has 12 heavy (non-hydrogen) atoms. The number of pyridine rings is 1. The lowest BCUT2D eigenvalue weighted by atomic mass is 10.1. The van der Waals surface area contributed by atoms with E-state index in [0.29, 0.717) is 0 Å². The molecule has 0 amide bonds. The number of nitrogens with zero attached hydrogens (tertiary/aromatic N) is 1. The minimum Gasteiger partial charge on any atom is -0.287 e. The number of hydrogen-bond acceptors (Lipinski definition) is 1. The molecule has 0 radical (unpaired) electrons. The largest absolute Gasteiger partial charge is 0.287 e. The van der Waals surface area contributed by atoms with Gasteiger partial charge in [0.2, 0.25) is 0 Å². The number of nitrogens with two attached hydrogens (primary N) is 1. The number of aromatic nitrogens is 1. The van der Waals surface area contributed by atoms with Crippen molar-refractivity contribution in [2.24, 2.45) is 7.05 Å². The Balaban J connectivity index is 2.78. The van der Waals surface area contributed by atoms with Gasteiger partial charge < -0.3 is 0 Å². The maximum absolute atomic E-state index is 5.89. The summed E-state index contributed by atoms with van der Waals surface area (Å²) in [5, 5.41) is 0. The number of nitrogen functional groups attached to an aromatic ring is 1. The Labute approximate surface area is 74.0 Å². The zero-order valence-electron chi connectivity index (χ0n) is 7.88. The summed E-state index contributed by atoms with van der Waals surface area (Å²) in [4.78, 5) is 0. The molecule has 0 aliphatic rings. The molecule has 1 heterocycles. The minimum atomic E-state index is 0.894. The lowest BCUT2D eigenvalue weighted by Gasteiger charge is -2.02. The van der Waals surface area contributed by atoms with Crippen molar-refractivity contribution >= 4 is 5.82 Å². The van der Waals surface area contributed by atoms with Crippen molar-refractivity contribution in [3.05, 3.63) is 23.9 Å². The predicted molar refractivity (Wildman–Crippen MR) is 50.6 cm³/mol. The Morgan fingerprint density at radius 3 is 2.92 bits per heavy atom. The van der Waals surface area contributed by atoms with Crippen molar-refractivity contribution in [2.75, 3.05) is 5.73 Å². The summed E-state index contributed by atoms with van der Waals surface area (Å²) in [6, 6.07) is 4.15. The molecule has 0 aromatic carbocycles. The SMILES string of the molecule is CCCCc1ccc[n+](C)c1N. The second-order valence-corrected chi connectivity index (χ2v) is 3.13. The van der Waals surface area contributed by atoms with Crippen LogP contribution in [0.4, 0.5) is 5.82 Å². The highest BCUT2D eigenvalue weighted by atomic mass is 15.0. The fraction of sp³-hybridized carbons (Fsp3) is 0.500. The van der Waals surface area contributed by atoms with Crippen molar-refractivity contribution < 1.29 is 4.57 Å². The molecule has 0 spiro atoms. The van der Waals surface area contributed by atoms with E-state index in [2.05, 4.69) is 13.0 Å². The summed E-state index contributed by atoms with van der Waals surface area (Å²) in [6.45, 7) is 2.19. The lowest BCUT2D eigenvalue weighted by molar-refractivity contribution is -0.657. The van der Waals surface area contributed by atoms with Crippen LogP contribution < -0.4 is 10.3 Å². The molecule has 1 rings (SSSR count). The second kappa shape index (κ2) is 4.10. The monoisotopic (exact) mass is 165 g/mol. The van der Waals surface area contributed by atoms with Crippen molar-refractivity contribution in [3.8, 4) is 0 Å². The third-order valence-electron chi connectivity index (χ3n) is 2.12. The average Bonchev–Trinajstić information content (AvgIpc) is 2.08. The standard InChI is InChI=1S/C10H16N2/c1-3-4-6-9-7-5-8-12(2)10(9)11/h5,7-8,11H,3-4,6H2,1-2H3/p+1. The summed E-state index contributed by atoms with van der Waals surface area (Å²) in [5.41, 5.74) is 7.15. The Kier molecular flexibility index (Phi) is 3.09. The van der Waals surface area contributed by atoms with Gasteiger partial charge in [0.25, 0.3) is 5.82 Å². The van der Waals surface area contributed by atoms with Gasteiger partial charge >= 0.3 is 0 Å². The van der Waals surface area contributed by atoms with Crippen LogP contribution >= 0.6 is 0 Å². The van der Waals surface area contributed by atoms with E-state index in [-0.39, 0.29) is 0 Å². The van der Waals surface area contributed by atoms with Gasteiger partial charge in [-0.2, -0.15) is 0 Å². The zero-order chi connectivity index (χ0) is 8.97. The molecule has 0 unspecified atom stereocenters. The summed E-state index contributed by atoms with van der Waals surface area (Å²) >= 11 is 0. The predicted octanol–water partition coefficient (Wildman–Crippen LogP) is 1.44. The fourth-order valence-electron chi connectivity index (χ4n) is 1.26.